The van der Waals surface area contributed by atoms with E-state index in [4.69, 9.17) is 12.2 Å². The van der Waals surface area contributed by atoms with E-state index < -0.39 is 11.5 Å². The molecule has 1 atom stereocenters. The van der Waals surface area contributed by atoms with Crippen molar-refractivity contribution in [3.63, 3.8) is 0 Å². The first-order chi connectivity index (χ1) is 5.71. The third-order valence-electron chi connectivity index (χ3n) is 1.19. The fourth-order valence-corrected chi connectivity index (χ4v) is 1.22. The van der Waals surface area contributed by atoms with E-state index in [9.17, 15) is 4.79 Å². The molecule has 0 rings (SSSR count). The van der Waals surface area contributed by atoms with Crippen molar-refractivity contribution in [3.05, 3.63) is 0 Å². The SMILES string of the molecule is [2H]C[C@](N)(CSC(C)(C)C)C(=O)O. The van der Waals surface area contributed by atoms with Crippen LogP contribution in [-0.4, -0.2) is 27.1 Å². The molecule has 0 aliphatic rings. The summed E-state index contributed by atoms with van der Waals surface area (Å²) in [6, 6.07) is 0. The predicted octanol–water partition coefficient (Wildman–Crippen LogP) is 1.32. The highest BCUT2D eigenvalue weighted by Crippen LogP contribution is 2.25. The maximum Gasteiger partial charge on any atom is 0.324 e. The van der Waals surface area contributed by atoms with Crippen molar-refractivity contribution in [2.75, 3.05) is 5.75 Å². The fourth-order valence-electron chi connectivity index (χ4n) is 0.407. The van der Waals surface area contributed by atoms with Gasteiger partial charge in [-0.05, 0) is 6.90 Å². The fraction of sp³-hybridized carbons (Fsp3) is 0.875. The first kappa shape index (κ1) is 9.86. The minimum atomic E-state index is -1.40. The summed E-state index contributed by atoms with van der Waals surface area (Å²) in [5.74, 6) is -0.825. The molecule has 0 aromatic heterocycles. The molecular formula is C8H17NO2S. The van der Waals surface area contributed by atoms with Gasteiger partial charge in [0.25, 0.3) is 0 Å². The van der Waals surface area contributed by atoms with Crippen molar-refractivity contribution >= 4 is 17.7 Å². The summed E-state index contributed by atoms with van der Waals surface area (Å²) in [5, 5.41) is 8.77. The van der Waals surface area contributed by atoms with E-state index in [-0.39, 0.29) is 17.4 Å². The summed E-state index contributed by atoms with van der Waals surface area (Å²) in [7, 11) is 0. The zero-order valence-corrected chi connectivity index (χ0v) is 8.57. The van der Waals surface area contributed by atoms with Gasteiger partial charge in [-0.15, -0.1) is 0 Å². The number of hydrogen-bond donors (Lipinski definition) is 2. The van der Waals surface area contributed by atoms with E-state index >= 15 is 0 Å². The van der Waals surface area contributed by atoms with E-state index in [1.54, 1.807) is 0 Å². The van der Waals surface area contributed by atoms with Crippen molar-refractivity contribution in [2.45, 2.75) is 38.0 Å². The third-order valence-corrected chi connectivity index (χ3v) is 2.71. The molecule has 0 unspecified atom stereocenters. The van der Waals surface area contributed by atoms with Gasteiger partial charge in [0.2, 0.25) is 0 Å². The number of carboxylic acids is 1. The highest BCUT2D eigenvalue weighted by molar-refractivity contribution is 8.00. The van der Waals surface area contributed by atoms with Gasteiger partial charge in [-0.3, -0.25) is 4.79 Å². The molecule has 0 spiro atoms. The summed E-state index contributed by atoms with van der Waals surface area (Å²) >= 11 is 1.47. The van der Waals surface area contributed by atoms with Gasteiger partial charge in [-0.25, -0.2) is 0 Å². The minimum absolute atomic E-state index is 0.0186. The summed E-state index contributed by atoms with van der Waals surface area (Å²) in [6.07, 6.45) is 0. The van der Waals surface area contributed by atoms with E-state index in [0.717, 1.165) is 0 Å². The number of carboxylic acid groups (broad SMARTS) is 1. The Balaban J connectivity index is 4.22. The first-order valence-electron chi connectivity index (χ1n) is 4.37. The number of carbonyl (C=O) groups is 1. The lowest BCUT2D eigenvalue weighted by molar-refractivity contribution is -0.141. The predicted molar refractivity (Wildman–Crippen MR) is 52.4 cm³/mol. The molecule has 3 N–H and O–H groups in total. The third kappa shape index (κ3) is 4.62. The second kappa shape index (κ2) is 3.66. The smallest absolute Gasteiger partial charge is 0.324 e. The number of hydrogen-bond acceptors (Lipinski definition) is 3. The summed E-state index contributed by atoms with van der Waals surface area (Å²) in [5.41, 5.74) is 4.13. The Morgan fingerprint density at radius 2 is 2.17 bits per heavy atom. The lowest BCUT2D eigenvalue weighted by atomic mass is 10.1. The van der Waals surface area contributed by atoms with Crippen LogP contribution in [0.4, 0.5) is 0 Å². The quantitative estimate of drug-likeness (QED) is 0.708. The van der Waals surface area contributed by atoms with Gasteiger partial charge in [-0.2, -0.15) is 11.8 Å². The van der Waals surface area contributed by atoms with Crippen molar-refractivity contribution in [1.82, 2.24) is 0 Å². The molecule has 0 heterocycles. The van der Waals surface area contributed by atoms with Gasteiger partial charge in [0.1, 0.15) is 5.54 Å². The van der Waals surface area contributed by atoms with Gasteiger partial charge in [-0.1, -0.05) is 20.8 Å². The van der Waals surface area contributed by atoms with Crippen molar-refractivity contribution < 1.29 is 11.3 Å². The molecule has 12 heavy (non-hydrogen) atoms. The maximum absolute atomic E-state index is 10.7. The molecule has 0 radical (unpaired) electrons. The second-order valence-electron chi connectivity index (χ2n) is 3.86. The maximum atomic E-state index is 10.7. The van der Waals surface area contributed by atoms with E-state index in [1.807, 2.05) is 20.8 Å². The lowest BCUT2D eigenvalue weighted by Crippen LogP contribution is -2.47. The first-order valence-corrected chi connectivity index (χ1v) is 4.65. The van der Waals surface area contributed by atoms with Crippen LogP contribution in [-0.2, 0) is 4.79 Å². The standard InChI is InChI=1S/C8H17NO2S/c1-7(2,3)12-5-8(4,9)6(10)11/h5,9H2,1-4H3,(H,10,11)/t8-/m0/s1/i4D. The van der Waals surface area contributed by atoms with Crippen LogP contribution >= 0.6 is 11.8 Å². The largest absolute Gasteiger partial charge is 0.480 e. The van der Waals surface area contributed by atoms with Crippen LogP contribution in [0.1, 0.15) is 29.0 Å². The van der Waals surface area contributed by atoms with Crippen LogP contribution in [0.15, 0.2) is 0 Å². The summed E-state index contributed by atoms with van der Waals surface area (Å²) < 4.78 is 7.06. The van der Waals surface area contributed by atoms with E-state index in [0.29, 0.717) is 0 Å². The molecule has 0 aromatic rings. The van der Waals surface area contributed by atoms with Gasteiger partial charge in [0.05, 0.1) is 0 Å². The van der Waals surface area contributed by atoms with Gasteiger partial charge in [0.15, 0.2) is 0 Å². The zero-order valence-electron chi connectivity index (χ0n) is 8.76. The van der Waals surface area contributed by atoms with Crippen LogP contribution in [0.25, 0.3) is 0 Å². The van der Waals surface area contributed by atoms with Gasteiger partial charge < -0.3 is 10.8 Å². The Hall–Kier alpha value is -0.220. The van der Waals surface area contributed by atoms with E-state index in [2.05, 4.69) is 0 Å². The number of aliphatic carboxylic acids is 1. The van der Waals surface area contributed by atoms with Gasteiger partial charge >= 0.3 is 5.97 Å². The van der Waals surface area contributed by atoms with Crippen LogP contribution < -0.4 is 5.73 Å². The van der Waals surface area contributed by atoms with Crippen LogP contribution in [0.5, 0.6) is 0 Å². The Morgan fingerprint density at radius 3 is 2.42 bits per heavy atom. The molecule has 0 aromatic carbocycles. The van der Waals surface area contributed by atoms with Crippen LogP contribution in [0.2, 0.25) is 0 Å². The number of rotatable bonds is 3. The number of thioether (sulfide) groups is 1. The average molecular weight is 192 g/mol. The van der Waals surface area contributed by atoms with Crippen LogP contribution in [0.3, 0.4) is 0 Å². The normalized spacial score (nSPS) is 18.2. The molecule has 0 saturated heterocycles. The monoisotopic (exact) mass is 192 g/mol. The van der Waals surface area contributed by atoms with Crippen LogP contribution in [0, 0.1) is 0 Å². The molecule has 0 fully saturated rings. The number of nitrogens with two attached hydrogens (primary N) is 1. The molecule has 72 valence electrons. The minimum Gasteiger partial charge on any atom is -0.480 e. The Bertz CT molecular complexity index is 193. The Morgan fingerprint density at radius 1 is 1.67 bits per heavy atom. The molecule has 0 saturated carbocycles. The summed E-state index contributed by atoms with van der Waals surface area (Å²) in [4.78, 5) is 10.7. The van der Waals surface area contributed by atoms with Crippen molar-refractivity contribution in [1.29, 1.82) is 0 Å². The molecule has 0 aliphatic heterocycles. The molecule has 3 nitrogen and oxygen atoms in total. The lowest BCUT2D eigenvalue weighted by Gasteiger charge is -2.24. The molecule has 4 heteroatoms. The highest BCUT2D eigenvalue weighted by atomic mass is 32.2. The molecule has 0 amide bonds. The average Bonchev–Trinajstić information content (AvgIpc) is 1.98. The topological polar surface area (TPSA) is 63.3 Å². The van der Waals surface area contributed by atoms with Gasteiger partial charge in [0, 0.05) is 11.9 Å². The summed E-state index contributed by atoms with van der Waals surface area (Å²) in [6.45, 7) is 5.68. The molecule has 0 bridgehead atoms. The Kier molecular flexibility index (Phi) is 3.01. The van der Waals surface area contributed by atoms with Crippen molar-refractivity contribution in [2.24, 2.45) is 5.73 Å². The zero-order chi connectivity index (χ0) is 10.7. The molecule has 0 aliphatic carbocycles. The van der Waals surface area contributed by atoms with E-state index in [1.165, 1.54) is 11.8 Å². The Labute approximate surface area is 79.1 Å². The molecular weight excluding hydrogens is 174 g/mol. The highest BCUT2D eigenvalue weighted by Gasteiger charge is 2.29. The second-order valence-corrected chi connectivity index (χ2v) is 5.66. The van der Waals surface area contributed by atoms with Crippen molar-refractivity contribution in [3.8, 4) is 0 Å².